The molecular weight excluding hydrogens is 364 g/mol. The Hall–Kier alpha value is -3.08. The van der Waals surface area contributed by atoms with E-state index in [4.69, 9.17) is 9.26 Å². The van der Waals surface area contributed by atoms with E-state index in [0.29, 0.717) is 18.9 Å². The lowest BCUT2D eigenvalue weighted by atomic mass is 10.0. The quantitative estimate of drug-likeness (QED) is 0.606. The first-order chi connectivity index (χ1) is 14.1. The molecule has 1 atom stereocenters. The molecule has 0 spiro atoms. The third-order valence-electron chi connectivity index (χ3n) is 5.42. The summed E-state index contributed by atoms with van der Waals surface area (Å²) in [6, 6.07) is 18.0. The predicted molar refractivity (Wildman–Crippen MR) is 111 cm³/mol. The van der Waals surface area contributed by atoms with Crippen LogP contribution in [0.4, 0.5) is 0 Å². The van der Waals surface area contributed by atoms with Crippen LogP contribution in [0.25, 0.3) is 0 Å². The number of aromatic nitrogens is 1. The molecule has 3 aromatic rings. The summed E-state index contributed by atoms with van der Waals surface area (Å²) in [6.07, 6.45) is 2.72. The number of hydrogen-bond acceptors (Lipinski definition) is 4. The van der Waals surface area contributed by atoms with Gasteiger partial charge in [-0.25, -0.2) is 0 Å². The highest BCUT2D eigenvalue weighted by atomic mass is 16.5. The summed E-state index contributed by atoms with van der Waals surface area (Å²) in [5, 5.41) is 7.16. The van der Waals surface area contributed by atoms with E-state index in [0.717, 1.165) is 28.3 Å². The molecule has 29 heavy (non-hydrogen) atoms. The van der Waals surface area contributed by atoms with Gasteiger partial charge in [-0.2, -0.15) is 0 Å². The Morgan fingerprint density at radius 2 is 1.86 bits per heavy atom. The highest BCUT2D eigenvalue weighted by Gasteiger charge is 2.33. The predicted octanol–water partition coefficient (Wildman–Crippen LogP) is 4.68. The summed E-state index contributed by atoms with van der Waals surface area (Å²) in [5.41, 5.74) is 3.97. The summed E-state index contributed by atoms with van der Waals surface area (Å²) >= 11 is 0. The standard InChI is InChI=1S/C24H26N2O3/c1-16-22(17(2)29-26-16)15-28-21-12-8-18(9-13-21)14-23(27)25-24(20-10-11-20)19-6-4-3-5-7-19/h3-9,12-13,20,24H,10-11,14-15H2,1-2H3,(H,25,27)/t24-/m1/s1. The molecule has 0 aliphatic heterocycles. The molecule has 1 aliphatic carbocycles. The molecule has 0 saturated heterocycles. The molecule has 1 heterocycles. The van der Waals surface area contributed by atoms with E-state index >= 15 is 0 Å². The van der Waals surface area contributed by atoms with Gasteiger partial charge in [-0.15, -0.1) is 0 Å². The number of hydrogen-bond donors (Lipinski definition) is 1. The first-order valence-electron chi connectivity index (χ1n) is 10.1. The first kappa shape index (κ1) is 19.2. The third kappa shape index (κ3) is 4.86. The minimum atomic E-state index is 0.0511. The van der Waals surface area contributed by atoms with Crippen molar-refractivity contribution < 1.29 is 14.1 Å². The summed E-state index contributed by atoms with van der Waals surface area (Å²) in [6.45, 7) is 4.20. The van der Waals surface area contributed by atoms with Gasteiger partial charge >= 0.3 is 0 Å². The number of benzene rings is 2. The van der Waals surface area contributed by atoms with E-state index in [2.05, 4.69) is 22.6 Å². The van der Waals surface area contributed by atoms with Crippen molar-refractivity contribution in [2.24, 2.45) is 5.92 Å². The second-order valence-corrected chi connectivity index (χ2v) is 7.71. The van der Waals surface area contributed by atoms with Crippen LogP contribution in [0.2, 0.25) is 0 Å². The Balaban J connectivity index is 1.33. The van der Waals surface area contributed by atoms with E-state index in [-0.39, 0.29) is 11.9 Å². The minimum Gasteiger partial charge on any atom is -0.489 e. The maximum absolute atomic E-state index is 12.6. The molecule has 1 amide bonds. The zero-order valence-corrected chi connectivity index (χ0v) is 16.9. The smallest absolute Gasteiger partial charge is 0.224 e. The summed E-state index contributed by atoms with van der Waals surface area (Å²) in [7, 11) is 0. The molecule has 0 bridgehead atoms. The summed E-state index contributed by atoms with van der Waals surface area (Å²) in [5.74, 6) is 2.14. The number of nitrogens with one attached hydrogen (secondary N) is 1. The number of rotatable bonds is 8. The van der Waals surface area contributed by atoms with Crippen LogP contribution in [-0.4, -0.2) is 11.1 Å². The molecule has 1 saturated carbocycles. The van der Waals surface area contributed by atoms with E-state index in [1.165, 1.54) is 18.4 Å². The Morgan fingerprint density at radius 1 is 1.14 bits per heavy atom. The van der Waals surface area contributed by atoms with E-state index < -0.39 is 0 Å². The molecule has 1 fully saturated rings. The molecule has 0 radical (unpaired) electrons. The van der Waals surface area contributed by atoms with Crippen LogP contribution >= 0.6 is 0 Å². The van der Waals surface area contributed by atoms with E-state index in [1.807, 2.05) is 56.3 Å². The molecule has 1 aliphatic rings. The zero-order valence-electron chi connectivity index (χ0n) is 16.9. The maximum Gasteiger partial charge on any atom is 0.224 e. The topological polar surface area (TPSA) is 64.4 Å². The van der Waals surface area contributed by atoms with Crippen LogP contribution in [0, 0.1) is 19.8 Å². The van der Waals surface area contributed by atoms with Gasteiger partial charge in [-0.1, -0.05) is 47.6 Å². The van der Waals surface area contributed by atoms with Crippen LogP contribution in [-0.2, 0) is 17.8 Å². The fourth-order valence-electron chi connectivity index (χ4n) is 3.54. The molecule has 5 nitrogen and oxygen atoms in total. The van der Waals surface area contributed by atoms with Crippen molar-refractivity contribution in [3.05, 3.63) is 82.7 Å². The van der Waals surface area contributed by atoms with Crippen molar-refractivity contribution in [1.29, 1.82) is 0 Å². The first-order valence-corrected chi connectivity index (χ1v) is 10.1. The lowest BCUT2D eigenvalue weighted by molar-refractivity contribution is -0.121. The van der Waals surface area contributed by atoms with Crippen molar-refractivity contribution in [2.75, 3.05) is 0 Å². The normalized spacial score (nSPS) is 14.4. The Kier molecular flexibility index (Phi) is 5.65. The fourth-order valence-corrected chi connectivity index (χ4v) is 3.54. The minimum absolute atomic E-state index is 0.0511. The van der Waals surface area contributed by atoms with E-state index in [9.17, 15) is 4.79 Å². The lowest BCUT2D eigenvalue weighted by Gasteiger charge is -2.19. The SMILES string of the molecule is Cc1noc(C)c1COc1ccc(CC(=O)N[C@H](c2ccccc2)C2CC2)cc1. The third-order valence-corrected chi connectivity index (χ3v) is 5.42. The van der Waals surface area contributed by atoms with Crippen LogP contribution in [0.15, 0.2) is 59.1 Å². The number of carbonyl (C=O) groups is 1. The van der Waals surface area contributed by atoms with Gasteiger partial charge < -0.3 is 14.6 Å². The van der Waals surface area contributed by atoms with Gasteiger partial charge in [0.25, 0.3) is 0 Å². The highest BCUT2D eigenvalue weighted by molar-refractivity contribution is 5.79. The van der Waals surface area contributed by atoms with Crippen molar-refractivity contribution in [1.82, 2.24) is 10.5 Å². The molecule has 150 valence electrons. The molecule has 5 heteroatoms. The van der Waals surface area contributed by atoms with Gasteiger partial charge in [0.1, 0.15) is 18.1 Å². The van der Waals surface area contributed by atoms with Crippen molar-refractivity contribution in [3.8, 4) is 5.75 Å². The second kappa shape index (κ2) is 8.52. The van der Waals surface area contributed by atoms with Gasteiger partial charge in [0.05, 0.1) is 23.7 Å². The van der Waals surface area contributed by atoms with Crippen LogP contribution in [0.3, 0.4) is 0 Å². The molecule has 2 aromatic carbocycles. The molecule has 4 rings (SSSR count). The fraction of sp³-hybridized carbons (Fsp3) is 0.333. The monoisotopic (exact) mass is 390 g/mol. The number of amides is 1. The summed E-state index contributed by atoms with van der Waals surface area (Å²) in [4.78, 5) is 12.6. The number of carbonyl (C=O) groups excluding carboxylic acids is 1. The van der Waals surface area contributed by atoms with E-state index in [1.54, 1.807) is 0 Å². The molecule has 1 N–H and O–H groups in total. The Labute approximate surface area is 171 Å². The van der Waals surface area contributed by atoms with Crippen molar-refractivity contribution >= 4 is 5.91 Å². The van der Waals surface area contributed by atoms with Crippen LogP contribution in [0.5, 0.6) is 5.75 Å². The van der Waals surface area contributed by atoms with Gasteiger partial charge in [0.2, 0.25) is 5.91 Å². The van der Waals surface area contributed by atoms with Crippen molar-refractivity contribution in [2.45, 2.75) is 45.8 Å². The Bertz CT molecular complexity index is 940. The largest absolute Gasteiger partial charge is 0.489 e. The molecule has 0 unspecified atom stereocenters. The van der Waals surface area contributed by atoms with Gasteiger partial charge in [0.15, 0.2) is 0 Å². The number of aryl methyl sites for hydroxylation is 2. The molecular formula is C24H26N2O3. The summed E-state index contributed by atoms with van der Waals surface area (Å²) < 4.78 is 11.0. The average molecular weight is 390 g/mol. The average Bonchev–Trinajstić information content (AvgIpc) is 3.52. The van der Waals surface area contributed by atoms with Crippen molar-refractivity contribution in [3.63, 3.8) is 0 Å². The lowest BCUT2D eigenvalue weighted by Crippen LogP contribution is -2.31. The Morgan fingerprint density at radius 3 is 2.48 bits per heavy atom. The van der Waals surface area contributed by atoms with Gasteiger partial charge in [-0.3, -0.25) is 4.79 Å². The van der Waals surface area contributed by atoms with Gasteiger partial charge in [0, 0.05) is 0 Å². The second-order valence-electron chi connectivity index (χ2n) is 7.71. The number of nitrogens with zero attached hydrogens (tertiary/aromatic N) is 1. The van der Waals surface area contributed by atoms with Gasteiger partial charge in [-0.05, 0) is 55.9 Å². The number of ether oxygens (including phenoxy) is 1. The van der Waals surface area contributed by atoms with Crippen LogP contribution < -0.4 is 10.1 Å². The highest BCUT2D eigenvalue weighted by Crippen LogP contribution is 2.40. The maximum atomic E-state index is 12.6. The molecule has 1 aromatic heterocycles. The zero-order chi connectivity index (χ0) is 20.2. The van der Waals surface area contributed by atoms with Crippen LogP contribution in [0.1, 0.15) is 47.0 Å².